The van der Waals surface area contributed by atoms with Gasteiger partial charge in [-0.05, 0) is 13.8 Å². The molecule has 0 saturated heterocycles. The van der Waals surface area contributed by atoms with Crippen molar-refractivity contribution in [3.8, 4) is 5.82 Å². The Morgan fingerprint density at radius 1 is 1.25 bits per heavy atom. The second-order valence-corrected chi connectivity index (χ2v) is 3.82. The van der Waals surface area contributed by atoms with Gasteiger partial charge in [0.2, 0.25) is 0 Å². The summed E-state index contributed by atoms with van der Waals surface area (Å²) < 4.78 is 1.67. The van der Waals surface area contributed by atoms with E-state index in [-0.39, 0.29) is 0 Å². The monoisotopic (exact) mass is 237 g/mol. The van der Waals surface area contributed by atoms with E-state index in [0.29, 0.717) is 22.6 Å². The van der Waals surface area contributed by atoms with Crippen LogP contribution in [0.5, 0.6) is 0 Å². The summed E-state index contributed by atoms with van der Waals surface area (Å²) in [5.74, 6) is 2.87. The van der Waals surface area contributed by atoms with Crippen LogP contribution in [0.25, 0.3) is 5.82 Å². The zero-order valence-corrected chi connectivity index (χ0v) is 10.2. The Labute approximate surface area is 98.5 Å². The lowest BCUT2D eigenvalue weighted by molar-refractivity contribution is 0.781. The lowest BCUT2D eigenvalue weighted by atomic mass is 10.4. The van der Waals surface area contributed by atoms with Gasteiger partial charge < -0.3 is 0 Å². The first kappa shape index (κ1) is 11.0. The van der Waals surface area contributed by atoms with Crippen LogP contribution in [0.1, 0.15) is 24.4 Å². The third kappa shape index (κ3) is 2.04. The normalized spacial score (nSPS) is 10.8. The largest absolute Gasteiger partial charge is 0.221 e. The smallest absolute Gasteiger partial charge is 0.160 e. The fourth-order valence-electron chi connectivity index (χ4n) is 1.46. The predicted octanol–water partition coefficient (Wildman–Crippen LogP) is 1.89. The van der Waals surface area contributed by atoms with Crippen LogP contribution in [-0.4, -0.2) is 24.7 Å². The van der Waals surface area contributed by atoms with E-state index >= 15 is 0 Å². The van der Waals surface area contributed by atoms with E-state index in [1.807, 2.05) is 20.8 Å². The first-order chi connectivity index (χ1) is 7.60. The zero-order chi connectivity index (χ0) is 11.7. The second-order valence-electron chi connectivity index (χ2n) is 3.44. The highest BCUT2D eigenvalue weighted by atomic mass is 35.5. The van der Waals surface area contributed by atoms with E-state index in [0.717, 1.165) is 12.2 Å². The Bertz CT molecular complexity index is 520. The Kier molecular flexibility index (Phi) is 2.87. The van der Waals surface area contributed by atoms with Crippen molar-refractivity contribution in [1.29, 1.82) is 0 Å². The van der Waals surface area contributed by atoms with Gasteiger partial charge in [0.1, 0.15) is 22.6 Å². The highest BCUT2D eigenvalue weighted by Gasteiger charge is 2.09. The number of hydrogen-bond acceptors (Lipinski definition) is 4. The molecule has 0 fully saturated rings. The maximum atomic E-state index is 5.93. The minimum atomic E-state index is 0.425. The van der Waals surface area contributed by atoms with Crippen LogP contribution < -0.4 is 0 Å². The topological polar surface area (TPSA) is 56.5 Å². The summed E-state index contributed by atoms with van der Waals surface area (Å²) in [6.45, 7) is 5.70. The van der Waals surface area contributed by atoms with E-state index in [2.05, 4.69) is 20.1 Å². The number of hydrogen-bond donors (Lipinski definition) is 0. The second kappa shape index (κ2) is 4.17. The number of nitrogens with zero attached hydrogens (tertiary/aromatic N) is 5. The van der Waals surface area contributed by atoms with Crippen LogP contribution in [0.3, 0.4) is 0 Å². The molecule has 0 atom stereocenters. The summed E-state index contributed by atoms with van der Waals surface area (Å²) in [5.41, 5.74) is 0. The first-order valence-corrected chi connectivity index (χ1v) is 5.42. The van der Waals surface area contributed by atoms with E-state index in [1.54, 1.807) is 10.7 Å². The molecule has 0 N–H and O–H groups in total. The van der Waals surface area contributed by atoms with Crippen molar-refractivity contribution in [3.05, 3.63) is 28.7 Å². The Morgan fingerprint density at radius 2 is 2.00 bits per heavy atom. The molecule has 0 radical (unpaired) electrons. The fraction of sp³-hybridized carbons (Fsp3) is 0.400. The van der Waals surface area contributed by atoms with Crippen LogP contribution in [0.4, 0.5) is 0 Å². The Morgan fingerprint density at radius 3 is 2.56 bits per heavy atom. The van der Waals surface area contributed by atoms with Gasteiger partial charge >= 0.3 is 0 Å². The third-order valence-electron chi connectivity index (χ3n) is 2.14. The van der Waals surface area contributed by atoms with Crippen molar-refractivity contribution in [2.24, 2.45) is 0 Å². The molecule has 2 heterocycles. The predicted molar refractivity (Wildman–Crippen MR) is 60.8 cm³/mol. The molecule has 0 aromatic carbocycles. The zero-order valence-electron chi connectivity index (χ0n) is 9.40. The molecule has 0 spiro atoms. The standard InChI is InChI=1S/C10H12ClN5/c1-4-9-13-8(11)5-10(14-9)16-7(3)12-6(2)15-16/h5H,4H2,1-3H3. The van der Waals surface area contributed by atoms with Gasteiger partial charge in [-0.2, -0.15) is 4.68 Å². The summed E-state index contributed by atoms with van der Waals surface area (Å²) in [7, 11) is 0. The van der Waals surface area contributed by atoms with Crippen LogP contribution in [0, 0.1) is 13.8 Å². The molecule has 0 unspecified atom stereocenters. The molecule has 0 amide bonds. The minimum absolute atomic E-state index is 0.425. The molecule has 2 rings (SSSR count). The SMILES string of the molecule is CCc1nc(Cl)cc(-n2nc(C)nc2C)n1. The summed E-state index contributed by atoms with van der Waals surface area (Å²) >= 11 is 5.93. The van der Waals surface area contributed by atoms with Crippen molar-refractivity contribution in [2.75, 3.05) is 0 Å². The van der Waals surface area contributed by atoms with Gasteiger partial charge in [-0.25, -0.2) is 15.0 Å². The minimum Gasteiger partial charge on any atom is -0.221 e. The molecule has 0 aliphatic carbocycles. The highest BCUT2D eigenvalue weighted by Crippen LogP contribution is 2.12. The van der Waals surface area contributed by atoms with E-state index < -0.39 is 0 Å². The third-order valence-corrected chi connectivity index (χ3v) is 2.33. The van der Waals surface area contributed by atoms with Crippen molar-refractivity contribution in [1.82, 2.24) is 24.7 Å². The molecule has 0 bridgehead atoms. The van der Waals surface area contributed by atoms with Crippen LogP contribution >= 0.6 is 11.6 Å². The van der Waals surface area contributed by atoms with Gasteiger partial charge in [-0.15, -0.1) is 5.10 Å². The van der Waals surface area contributed by atoms with Gasteiger partial charge in [-0.3, -0.25) is 0 Å². The molecule has 0 aliphatic rings. The van der Waals surface area contributed by atoms with E-state index in [4.69, 9.17) is 11.6 Å². The van der Waals surface area contributed by atoms with Crippen molar-refractivity contribution in [2.45, 2.75) is 27.2 Å². The van der Waals surface area contributed by atoms with E-state index in [9.17, 15) is 0 Å². The lowest BCUT2D eigenvalue weighted by Crippen LogP contribution is -2.05. The molecule has 0 saturated carbocycles. The Balaban J connectivity index is 2.55. The number of aryl methyl sites for hydroxylation is 3. The summed E-state index contributed by atoms with van der Waals surface area (Å²) in [4.78, 5) is 12.7. The van der Waals surface area contributed by atoms with Crippen LogP contribution in [0.15, 0.2) is 6.07 Å². The molecular weight excluding hydrogens is 226 g/mol. The van der Waals surface area contributed by atoms with Crippen molar-refractivity contribution in [3.63, 3.8) is 0 Å². The summed E-state index contributed by atoms with van der Waals surface area (Å²) in [5, 5.41) is 4.68. The quantitative estimate of drug-likeness (QED) is 0.749. The van der Waals surface area contributed by atoms with Crippen LogP contribution in [-0.2, 0) is 6.42 Å². The first-order valence-electron chi connectivity index (χ1n) is 5.04. The van der Waals surface area contributed by atoms with Gasteiger partial charge in [0.05, 0.1) is 0 Å². The van der Waals surface area contributed by atoms with Gasteiger partial charge in [-0.1, -0.05) is 18.5 Å². The van der Waals surface area contributed by atoms with E-state index in [1.165, 1.54) is 0 Å². The number of halogens is 1. The van der Waals surface area contributed by atoms with Crippen molar-refractivity contribution >= 4 is 11.6 Å². The highest BCUT2D eigenvalue weighted by molar-refractivity contribution is 6.29. The van der Waals surface area contributed by atoms with Gasteiger partial charge in [0.15, 0.2) is 5.82 Å². The molecule has 5 nitrogen and oxygen atoms in total. The average molecular weight is 238 g/mol. The number of rotatable bonds is 2. The molecule has 0 aliphatic heterocycles. The Hall–Kier alpha value is -1.49. The molecular formula is C10H12ClN5. The maximum Gasteiger partial charge on any atom is 0.160 e. The number of aromatic nitrogens is 5. The van der Waals surface area contributed by atoms with Crippen molar-refractivity contribution < 1.29 is 0 Å². The maximum absolute atomic E-state index is 5.93. The molecule has 2 aromatic heterocycles. The van der Waals surface area contributed by atoms with Gasteiger partial charge in [0.25, 0.3) is 0 Å². The van der Waals surface area contributed by atoms with Gasteiger partial charge in [0, 0.05) is 12.5 Å². The average Bonchev–Trinajstić information content (AvgIpc) is 2.57. The summed E-state index contributed by atoms with van der Waals surface area (Å²) in [6.07, 6.45) is 0.736. The van der Waals surface area contributed by atoms with Crippen LogP contribution in [0.2, 0.25) is 5.15 Å². The molecule has 84 valence electrons. The molecule has 2 aromatic rings. The molecule has 6 heteroatoms. The fourth-order valence-corrected chi connectivity index (χ4v) is 1.65. The molecule has 16 heavy (non-hydrogen) atoms. The lowest BCUT2D eigenvalue weighted by Gasteiger charge is -2.04. The summed E-state index contributed by atoms with van der Waals surface area (Å²) in [6, 6.07) is 1.68.